The Morgan fingerprint density at radius 3 is 2.83 bits per heavy atom. The zero-order valence-electron chi connectivity index (χ0n) is 16.5. The minimum Gasteiger partial charge on any atom is -0.496 e. The number of imidazole rings is 1. The molecule has 0 aliphatic carbocycles. The van der Waals surface area contributed by atoms with E-state index in [-0.39, 0.29) is 18.3 Å². The lowest BCUT2D eigenvalue weighted by molar-refractivity contribution is 0.102. The molecule has 4 rings (SSSR count). The van der Waals surface area contributed by atoms with Crippen LogP contribution in [0.1, 0.15) is 23.0 Å². The number of halogens is 1. The van der Waals surface area contributed by atoms with Gasteiger partial charge in [-0.1, -0.05) is 0 Å². The highest BCUT2D eigenvalue weighted by molar-refractivity contribution is 6.05. The minimum atomic E-state index is -0.317. The molecule has 0 unspecified atom stereocenters. The van der Waals surface area contributed by atoms with Crippen LogP contribution < -0.4 is 20.3 Å². The molecule has 9 nitrogen and oxygen atoms in total. The van der Waals surface area contributed by atoms with Crippen molar-refractivity contribution < 1.29 is 9.53 Å². The number of ether oxygens (including phenoxy) is 1. The van der Waals surface area contributed by atoms with Gasteiger partial charge in [0.1, 0.15) is 11.4 Å². The van der Waals surface area contributed by atoms with E-state index in [1.165, 1.54) is 7.11 Å². The number of carbonyl (C=O) groups excluding carboxylic acids is 1. The van der Waals surface area contributed by atoms with Gasteiger partial charge in [-0.25, -0.2) is 4.98 Å². The molecular weight excluding hydrogens is 394 g/mol. The van der Waals surface area contributed by atoms with E-state index in [0.29, 0.717) is 23.2 Å². The van der Waals surface area contributed by atoms with Gasteiger partial charge in [0, 0.05) is 44.1 Å². The quantitative estimate of drug-likeness (QED) is 0.669. The number of fused-ring (bicyclic) bond motifs is 1. The highest BCUT2D eigenvalue weighted by atomic mass is 35.5. The van der Waals surface area contributed by atoms with Gasteiger partial charge < -0.3 is 24.7 Å². The van der Waals surface area contributed by atoms with Gasteiger partial charge in [0.25, 0.3) is 5.91 Å². The molecule has 3 aromatic rings. The lowest BCUT2D eigenvalue weighted by Gasteiger charge is -2.32. The Labute approximate surface area is 174 Å². The fraction of sp³-hybridized carbons (Fsp3) is 0.368. The van der Waals surface area contributed by atoms with Crippen LogP contribution in [-0.4, -0.2) is 58.3 Å². The maximum absolute atomic E-state index is 12.8. The molecule has 1 aliphatic rings. The Morgan fingerprint density at radius 2 is 2.14 bits per heavy atom. The summed E-state index contributed by atoms with van der Waals surface area (Å²) in [7, 11) is 1.53. The highest BCUT2D eigenvalue weighted by Crippen LogP contribution is 2.22. The molecule has 1 amide bonds. The lowest BCUT2D eigenvalue weighted by Crippen LogP contribution is -2.49. The fourth-order valence-electron chi connectivity index (χ4n) is 3.37. The van der Waals surface area contributed by atoms with Gasteiger partial charge in [-0.15, -0.1) is 22.6 Å². The molecule has 0 spiro atoms. The summed E-state index contributed by atoms with van der Waals surface area (Å²) in [5, 5.41) is 14.6. The molecule has 4 heterocycles. The van der Waals surface area contributed by atoms with Gasteiger partial charge >= 0.3 is 0 Å². The zero-order chi connectivity index (χ0) is 19.7. The molecule has 0 bridgehead atoms. The summed E-state index contributed by atoms with van der Waals surface area (Å²) in [4.78, 5) is 19.3. The number of methoxy groups -OCH3 is 1. The number of nitrogens with zero attached hydrogens (tertiary/aromatic N) is 5. The lowest BCUT2D eigenvalue weighted by atomic mass is 10.2. The van der Waals surface area contributed by atoms with Crippen LogP contribution in [-0.2, 0) is 0 Å². The second-order valence-corrected chi connectivity index (χ2v) is 6.94. The van der Waals surface area contributed by atoms with Crippen LogP contribution in [0, 0.1) is 6.92 Å². The third-order valence-electron chi connectivity index (χ3n) is 4.72. The van der Waals surface area contributed by atoms with E-state index in [0.717, 1.165) is 36.8 Å². The van der Waals surface area contributed by atoms with E-state index in [1.807, 2.05) is 19.2 Å². The summed E-state index contributed by atoms with van der Waals surface area (Å²) in [6.45, 7) is 6.71. The van der Waals surface area contributed by atoms with E-state index in [1.54, 1.807) is 22.7 Å². The van der Waals surface area contributed by atoms with Crippen molar-refractivity contribution in [1.29, 1.82) is 0 Å². The SMILES string of the molecule is COc1cc2nc(C)cn2cc1C(=O)Nc1ccc(N2CCN[C@@H](C)C2)nn1.Cl. The molecule has 1 atom stereocenters. The van der Waals surface area contributed by atoms with Crippen molar-refractivity contribution in [1.82, 2.24) is 24.9 Å². The van der Waals surface area contributed by atoms with Crippen LogP contribution in [0.15, 0.2) is 30.6 Å². The first-order valence-corrected chi connectivity index (χ1v) is 9.20. The largest absolute Gasteiger partial charge is 0.496 e. The van der Waals surface area contributed by atoms with E-state index in [2.05, 4.69) is 37.6 Å². The summed E-state index contributed by atoms with van der Waals surface area (Å²) in [6, 6.07) is 5.78. The van der Waals surface area contributed by atoms with Crippen LogP contribution in [0.3, 0.4) is 0 Å². The third-order valence-corrected chi connectivity index (χ3v) is 4.72. The summed E-state index contributed by atoms with van der Waals surface area (Å²) >= 11 is 0. The van der Waals surface area contributed by atoms with Gasteiger partial charge in [-0.3, -0.25) is 4.79 Å². The Morgan fingerprint density at radius 1 is 1.31 bits per heavy atom. The number of carbonyl (C=O) groups is 1. The Kier molecular flexibility index (Phi) is 6.19. The summed E-state index contributed by atoms with van der Waals surface area (Å²) in [5.41, 5.74) is 1.98. The van der Waals surface area contributed by atoms with Gasteiger partial charge in [0.2, 0.25) is 0 Å². The first-order valence-electron chi connectivity index (χ1n) is 9.20. The Hall–Kier alpha value is -2.91. The summed E-state index contributed by atoms with van der Waals surface area (Å²) in [6.07, 6.45) is 3.56. The molecule has 154 valence electrons. The molecule has 1 aliphatic heterocycles. The van der Waals surface area contributed by atoms with Crippen LogP contribution >= 0.6 is 12.4 Å². The molecule has 29 heavy (non-hydrogen) atoms. The van der Waals surface area contributed by atoms with Crippen molar-refractivity contribution in [2.45, 2.75) is 19.9 Å². The predicted octanol–water partition coefficient (Wildman–Crippen LogP) is 1.91. The van der Waals surface area contributed by atoms with Gasteiger partial charge in [0.15, 0.2) is 11.6 Å². The van der Waals surface area contributed by atoms with E-state index < -0.39 is 0 Å². The maximum Gasteiger partial charge on any atom is 0.262 e. The van der Waals surface area contributed by atoms with Crippen molar-refractivity contribution in [3.05, 3.63) is 41.9 Å². The number of aromatic nitrogens is 4. The first kappa shape index (κ1) is 20.8. The fourth-order valence-corrected chi connectivity index (χ4v) is 3.37. The van der Waals surface area contributed by atoms with Crippen LogP contribution in [0.25, 0.3) is 5.65 Å². The normalized spacial score (nSPS) is 16.4. The zero-order valence-corrected chi connectivity index (χ0v) is 17.4. The van der Waals surface area contributed by atoms with Crippen LogP contribution in [0.2, 0.25) is 0 Å². The average Bonchev–Trinajstić information content (AvgIpc) is 3.06. The van der Waals surface area contributed by atoms with Crippen molar-refractivity contribution in [3.63, 3.8) is 0 Å². The number of anilines is 2. The molecule has 1 fully saturated rings. The monoisotopic (exact) mass is 417 g/mol. The van der Waals surface area contributed by atoms with Gasteiger partial charge in [-0.05, 0) is 26.0 Å². The molecular formula is C19H24ClN7O2. The van der Waals surface area contributed by atoms with Crippen molar-refractivity contribution in [2.75, 3.05) is 37.0 Å². The summed E-state index contributed by atoms with van der Waals surface area (Å²) in [5.74, 6) is 1.33. The molecule has 3 aromatic heterocycles. The number of amides is 1. The Bertz CT molecular complexity index is 1010. The van der Waals surface area contributed by atoms with E-state index in [9.17, 15) is 4.79 Å². The topological polar surface area (TPSA) is 96.7 Å². The predicted molar refractivity (Wildman–Crippen MR) is 113 cm³/mol. The number of piperazine rings is 1. The van der Waals surface area contributed by atoms with Crippen LogP contribution in [0.5, 0.6) is 5.75 Å². The maximum atomic E-state index is 12.8. The second kappa shape index (κ2) is 8.62. The Balaban J connectivity index is 0.00000240. The van der Waals surface area contributed by atoms with Gasteiger partial charge in [-0.2, -0.15) is 0 Å². The second-order valence-electron chi connectivity index (χ2n) is 6.94. The smallest absolute Gasteiger partial charge is 0.262 e. The van der Waals surface area contributed by atoms with Crippen molar-refractivity contribution in [2.24, 2.45) is 0 Å². The highest BCUT2D eigenvalue weighted by Gasteiger charge is 2.19. The number of rotatable bonds is 4. The first-order chi connectivity index (χ1) is 13.5. The molecule has 0 aromatic carbocycles. The van der Waals surface area contributed by atoms with E-state index >= 15 is 0 Å². The third kappa shape index (κ3) is 4.41. The number of hydrogen-bond donors (Lipinski definition) is 2. The van der Waals surface area contributed by atoms with Gasteiger partial charge in [0.05, 0.1) is 18.4 Å². The molecule has 0 saturated carbocycles. The number of nitrogens with one attached hydrogen (secondary N) is 2. The molecule has 2 N–H and O–H groups in total. The van der Waals surface area contributed by atoms with Crippen molar-refractivity contribution >= 4 is 35.6 Å². The van der Waals surface area contributed by atoms with Crippen LogP contribution in [0.4, 0.5) is 11.6 Å². The minimum absolute atomic E-state index is 0. The number of pyridine rings is 1. The number of hydrogen-bond acceptors (Lipinski definition) is 7. The number of aryl methyl sites for hydroxylation is 1. The molecule has 10 heteroatoms. The standard InChI is InChI=1S/C19H23N7O2.ClH/c1-12-9-25(7-6-20-12)17-5-4-16(23-24-17)22-19(27)14-11-26-10-13(2)21-18(26)8-15(14)28-3;/h4-5,8,10-12,20H,6-7,9H2,1-3H3,(H,22,23,27);1H/t12-;/m0./s1. The molecule has 0 radical (unpaired) electrons. The molecule has 1 saturated heterocycles. The average molecular weight is 418 g/mol. The van der Waals surface area contributed by atoms with Crippen molar-refractivity contribution in [3.8, 4) is 5.75 Å². The summed E-state index contributed by atoms with van der Waals surface area (Å²) < 4.78 is 7.17. The van der Waals surface area contributed by atoms with E-state index in [4.69, 9.17) is 4.74 Å².